The minimum absolute atomic E-state index is 0.981. The molecule has 0 aliphatic carbocycles. The number of aryl methyl sites for hydroxylation is 1. The predicted octanol–water partition coefficient (Wildman–Crippen LogP) is 0.532. The number of hydrogen-bond acceptors (Lipinski definition) is 4. The summed E-state index contributed by atoms with van der Waals surface area (Å²) >= 11 is 17.4. The Morgan fingerprint density at radius 1 is 0.417 bits per heavy atom. The van der Waals surface area contributed by atoms with E-state index >= 15 is 0 Å². The first kappa shape index (κ1) is 42.8. The Kier molecular flexibility index (Phi) is 19.5. The molecule has 0 aromatic heterocycles. The molecule has 1 aliphatic heterocycles. The molecule has 0 saturated carbocycles. The van der Waals surface area contributed by atoms with Gasteiger partial charge in [-0.2, -0.15) is 0 Å². The maximum absolute atomic E-state index is 3.00. The molecular formula is C37H39Er4N4Re3. The SMILES string of the molecule is Cc1ccc[c]([Er])c1CN1CCN(Cc2[c]([Er])ccc[c]2[Re])CCN(Cc2[c]([Er])ccc[c]2[Re])CCN(Cc2[c]([Er])ccc[c]2[Re])CC1. The van der Waals surface area contributed by atoms with Gasteiger partial charge in [-0.05, 0) is 0 Å². The molecule has 11 heteroatoms. The average molecular weight is 1770 g/mol. The van der Waals surface area contributed by atoms with Crippen molar-refractivity contribution in [3.05, 3.63) is 101 Å². The van der Waals surface area contributed by atoms with E-state index in [0.29, 0.717) is 0 Å². The van der Waals surface area contributed by atoms with Gasteiger partial charge in [-0.3, -0.25) is 0 Å². The minimum atomic E-state index is 0.981. The van der Waals surface area contributed by atoms with Gasteiger partial charge in [0.2, 0.25) is 0 Å². The molecule has 1 heterocycles. The van der Waals surface area contributed by atoms with Crippen LogP contribution in [0, 0.1) is 148 Å². The van der Waals surface area contributed by atoms with Crippen LogP contribution >= 0.6 is 0 Å². The summed E-state index contributed by atoms with van der Waals surface area (Å²) in [5, 5.41) is 0. The third kappa shape index (κ3) is 12.9. The quantitative estimate of drug-likeness (QED) is 0.256. The Hall–Kier alpha value is 3.69. The van der Waals surface area contributed by atoms with Gasteiger partial charge in [0.1, 0.15) is 0 Å². The molecule has 5 rings (SSSR count). The molecule has 1 fully saturated rings. The van der Waals surface area contributed by atoms with Gasteiger partial charge in [-0.15, -0.1) is 0 Å². The normalized spacial score (nSPS) is 16.6. The van der Waals surface area contributed by atoms with Gasteiger partial charge in [-0.25, -0.2) is 0 Å². The maximum atomic E-state index is 3.00. The standard InChI is InChI=1S/C37H39N4.4Er.3Re/c1-33-13-11-12-20-37(33)32-41-27-25-39(30-35-16-7-3-8-17-35)23-21-38(29-34-14-5-2-6-15-34)22-24-40(26-28-41)31-36-18-9-4-10-19-36;;;;;;;/h2-13H,21-32H2,1H3;;;;;;;. The van der Waals surface area contributed by atoms with Gasteiger partial charge in [0.25, 0.3) is 0 Å². The zero-order chi connectivity index (χ0) is 34.2. The second-order valence-electron chi connectivity index (χ2n) is 12.0. The molecule has 0 N–H and O–H groups in total. The second kappa shape index (κ2) is 21.8. The number of nitrogens with zero attached hydrogens (tertiary/aromatic N) is 4. The molecule has 1 saturated heterocycles. The van der Waals surface area contributed by atoms with E-state index in [1.54, 1.807) is 57.6 Å². The molecule has 48 heavy (non-hydrogen) atoms. The number of rotatable bonds is 8. The van der Waals surface area contributed by atoms with Crippen molar-refractivity contribution in [3.8, 4) is 0 Å². The molecule has 0 amide bonds. The van der Waals surface area contributed by atoms with Crippen LogP contribution in [0.5, 0.6) is 0 Å². The van der Waals surface area contributed by atoms with E-state index in [1.165, 1.54) is 46.8 Å². The summed E-state index contributed by atoms with van der Waals surface area (Å²) in [6, 6.07) is 26.9. The fourth-order valence-electron chi connectivity index (χ4n) is 5.91. The molecule has 0 radical (unpaired) electrons. The van der Waals surface area contributed by atoms with Crippen LogP contribution in [0.25, 0.3) is 0 Å². The Labute approximate surface area is 415 Å². The predicted molar refractivity (Wildman–Crippen MR) is 169 cm³/mol. The first-order valence-electron chi connectivity index (χ1n) is 15.8. The summed E-state index contributed by atoms with van der Waals surface area (Å²) < 4.78 is 9.63. The molecular weight excluding hydrogens is 1730 g/mol. The van der Waals surface area contributed by atoms with Crippen LogP contribution < -0.4 is 19.0 Å². The molecule has 0 bridgehead atoms. The second-order valence-corrected chi connectivity index (χ2v) is 20.4. The topological polar surface area (TPSA) is 13.0 Å². The Bertz CT molecular complexity index is 1350. The fourth-order valence-corrected chi connectivity index (χ4v) is 12.4. The molecule has 1 aliphatic rings. The van der Waals surface area contributed by atoms with Crippen LogP contribution in [0.3, 0.4) is 0 Å². The third-order valence-corrected chi connectivity index (χ3v) is 16.1. The third-order valence-electron chi connectivity index (χ3n) is 8.83. The van der Waals surface area contributed by atoms with Gasteiger partial charge in [0, 0.05) is 0 Å². The fraction of sp³-hybridized carbons (Fsp3) is 0.351. The summed E-state index contributed by atoms with van der Waals surface area (Å²) in [4.78, 5) is 10.9. The Morgan fingerprint density at radius 2 is 0.667 bits per heavy atom. The van der Waals surface area contributed by atoms with Crippen molar-refractivity contribution in [2.75, 3.05) is 52.4 Å². The molecule has 0 spiro atoms. The van der Waals surface area contributed by atoms with Crippen LogP contribution in [0.4, 0.5) is 0 Å². The van der Waals surface area contributed by atoms with Crippen molar-refractivity contribution < 1.29 is 199 Å². The van der Waals surface area contributed by atoms with Gasteiger partial charge in [0.05, 0.1) is 0 Å². The molecule has 4 aromatic rings. The van der Waals surface area contributed by atoms with Gasteiger partial charge in [0.15, 0.2) is 0 Å². The van der Waals surface area contributed by atoms with E-state index in [1.807, 2.05) is 0 Å². The Morgan fingerprint density at radius 3 is 0.938 bits per heavy atom. The monoisotopic (exact) mass is 1760 g/mol. The molecule has 0 unspecified atom stereocenters. The van der Waals surface area contributed by atoms with Gasteiger partial charge >= 0.3 is 424 Å². The van der Waals surface area contributed by atoms with Crippen molar-refractivity contribution in [1.82, 2.24) is 19.6 Å². The summed E-state index contributed by atoms with van der Waals surface area (Å²) in [7, 11) is 0. The van der Waals surface area contributed by atoms with Crippen LogP contribution in [0.1, 0.15) is 27.8 Å². The van der Waals surface area contributed by atoms with E-state index in [4.69, 9.17) is 0 Å². The van der Waals surface area contributed by atoms with Gasteiger partial charge < -0.3 is 0 Å². The number of hydrogen-bond donors (Lipinski definition) is 0. The van der Waals surface area contributed by atoms with E-state index in [-0.39, 0.29) is 0 Å². The molecule has 0 atom stereocenters. The summed E-state index contributed by atoms with van der Waals surface area (Å²) in [6.07, 6.45) is 0. The van der Waals surface area contributed by atoms with Crippen LogP contribution in [-0.2, 0) is 83.8 Å². The van der Waals surface area contributed by atoms with Crippen LogP contribution in [-0.4, -0.2) is 72.0 Å². The molecule has 276 valence electrons. The molecule has 4 aromatic carbocycles. The zero-order valence-corrected chi connectivity index (χ0v) is 42.0. The van der Waals surface area contributed by atoms with Crippen molar-refractivity contribution in [3.63, 3.8) is 0 Å². The summed E-state index contributed by atoms with van der Waals surface area (Å²) in [6.45, 7) is 14.6. The Balaban J connectivity index is 1.45. The molecule has 4 nitrogen and oxygen atoms in total. The van der Waals surface area contributed by atoms with Gasteiger partial charge in [-0.1, -0.05) is 0 Å². The van der Waals surface area contributed by atoms with Crippen LogP contribution in [0.15, 0.2) is 72.8 Å². The van der Waals surface area contributed by atoms with E-state index < -0.39 is 0 Å². The van der Waals surface area contributed by atoms with Crippen molar-refractivity contribution in [2.45, 2.75) is 33.1 Å². The van der Waals surface area contributed by atoms with Crippen molar-refractivity contribution >= 4 is 19.0 Å². The van der Waals surface area contributed by atoms with E-state index in [9.17, 15) is 0 Å². The van der Waals surface area contributed by atoms with Crippen LogP contribution in [0.2, 0.25) is 0 Å². The first-order valence-corrected chi connectivity index (χ1v) is 23.6. The summed E-state index contributed by atoms with van der Waals surface area (Å²) in [5.74, 6) is 0. The van der Waals surface area contributed by atoms with E-state index in [2.05, 4.69) is 241 Å². The first-order chi connectivity index (χ1) is 23.1. The van der Waals surface area contributed by atoms with Crippen molar-refractivity contribution in [2.24, 2.45) is 0 Å². The van der Waals surface area contributed by atoms with E-state index in [0.717, 1.165) is 78.5 Å². The summed E-state index contributed by atoms with van der Waals surface area (Å²) in [5.41, 5.74) is 7.26. The average Bonchev–Trinajstić information content (AvgIpc) is 3.04. The zero-order valence-electron chi connectivity index (χ0n) is 26.5. The number of benzene rings is 4. The van der Waals surface area contributed by atoms with Crippen molar-refractivity contribution in [1.29, 1.82) is 0 Å².